The Bertz CT molecular complexity index is 489. The lowest BCUT2D eigenvalue weighted by molar-refractivity contribution is -0.115. The molecule has 0 aliphatic carbocycles. The van der Waals surface area contributed by atoms with E-state index in [2.05, 4.69) is 29.5 Å². The van der Waals surface area contributed by atoms with Gasteiger partial charge in [-0.25, -0.2) is 0 Å². The van der Waals surface area contributed by atoms with E-state index in [0.717, 1.165) is 47.1 Å². The Labute approximate surface area is 140 Å². The molecule has 5 heteroatoms. The summed E-state index contributed by atoms with van der Waals surface area (Å²) in [6.07, 6.45) is 6.49. The molecule has 0 unspecified atom stereocenters. The number of hydrogen-bond acceptors (Lipinski definition) is 3. The van der Waals surface area contributed by atoms with Crippen LogP contribution in [0.1, 0.15) is 24.5 Å². The molecule has 21 heavy (non-hydrogen) atoms. The Morgan fingerprint density at radius 3 is 2.43 bits per heavy atom. The van der Waals surface area contributed by atoms with Crippen LogP contribution in [0.4, 0.5) is 0 Å². The summed E-state index contributed by atoms with van der Waals surface area (Å²) in [6, 6.07) is 3.92. The first-order chi connectivity index (χ1) is 10.2. The first-order valence-corrected chi connectivity index (χ1v) is 8.42. The highest BCUT2D eigenvalue weighted by molar-refractivity contribution is 14.1. The van der Waals surface area contributed by atoms with Gasteiger partial charge in [0, 0.05) is 17.2 Å². The Morgan fingerprint density at radius 1 is 1.24 bits per heavy atom. The minimum atomic E-state index is 0.694. The van der Waals surface area contributed by atoms with E-state index in [1.807, 2.05) is 24.4 Å². The van der Waals surface area contributed by atoms with E-state index in [0.29, 0.717) is 5.75 Å². The Hall–Kier alpha value is -1.24. The molecule has 0 N–H and O–H groups in total. The average Bonchev–Trinajstić information content (AvgIpc) is 2.54. The van der Waals surface area contributed by atoms with Crippen molar-refractivity contribution in [2.24, 2.45) is 0 Å². The second-order valence-electron chi connectivity index (χ2n) is 4.46. The number of rotatable bonds is 9. The summed E-state index contributed by atoms with van der Waals surface area (Å²) in [7, 11) is 3.25. The van der Waals surface area contributed by atoms with E-state index in [-0.39, 0.29) is 0 Å². The minimum absolute atomic E-state index is 0.694. The van der Waals surface area contributed by atoms with Gasteiger partial charge in [0.2, 0.25) is 6.41 Å². The van der Waals surface area contributed by atoms with Crippen LogP contribution in [0.15, 0.2) is 18.3 Å². The molecule has 0 atom stereocenters. The maximum atomic E-state index is 11.0. The van der Waals surface area contributed by atoms with Gasteiger partial charge in [0.05, 0.1) is 14.2 Å². The standard InChI is InChI=1S/C16H22INO3/c1-4-13-10-15(20-2)16(21-3)11-14(13)6-9-18(12-19)8-5-7-17/h6,9-12H,4-5,7-8H2,1-3H3/b9-6-. The quantitative estimate of drug-likeness (QED) is 0.360. The molecular weight excluding hydrogens is 381 g/mol. The third-order valence-corrected chi connectivity index (χ3v) is 3.92. The number of methoxy groups -OCH3 is 2. The first-order valence-electron chi connectivity index (χ1n) is 6.90. The topological polar surface area (TPSA) is 38.8 Å². The molecule has 0 radical (unpaired) electrons. The van der Waals surface area contributed by atoms with Crippen molar-refractivity contribution in [3.63, 3.8) is 0 Å². The predicted molar refractivity (Wildman–Crippen MR) is 94.2 cm³/mol. The Balaban J connectivity index is 3.02. The number of alkyl halides is 1. The Kier molecular flexibility index (Phi) is 8.19. The third-order valence-electron chi connectivity index (χ3n) is 3.16. The monoisotopic (exact) mass is 403 g/mol. The Morgan fingerprint density at radius 2 is 1.90 bits per heavy atom. The van der Waals surface area contributed by atoms with Crippen LogP contribution in [0.2, 0.25) is 0 Å². The molecule has 116 valence electrons. The zero-order valence-electron chi connectivity index (χ0n) is 12.8. The summed E-state index contributed by atoms with van der Waals surface area (Å²) >= 11 is 2.31. The SMILES string of the molecule is CCc1cc(OC)c(OC)cc1/C=C\N(C=O)CCCI. The van der Waals surface area contributed by atoms with E-state index in [1.54, 1.807) is 19.1 Å². The summed E-state index contributed by atoms with van der Waals surface area (Å²) in [5, 5.41) is 0. The van der Waals surface area contributed by atoms with Gasteiger partial charge < -0.3 is 14.4 Å². The molecule has 1 aromatic carbocycles. The van der Waals surface area contributed by atoms with Gasteiger partial charge in [-0.2, -0.15) is 0 Å². The zero-order valence-corrected chi connectivity index (χ0v) is 14.9. The van der Waals surface area contributed by atoms with Crippen molar-refractivity contribution in [1.29, 1.82) is 0 Å². The molecule has 0 heterocycles. The summed E-state index contributed by atoms with van der Waals surface area (Å²) < 4.78 is 11.7. The van der Waals surface area contributed by atoms with Gasteiger partial charge in [-0.1, -0.05) is 29.5 Å². The largest absolute Gasteiger partial charge is 0.493 e. The highest BCUT2D eigenvalue weighted by Crippen LogP contribution is 2.31. The molecule has 0 aliphatic rings. The predicted octanol–water partition coefficient (Wildman–Crippen LogP) is 3.52. The van der Waals surface area contributed by atoms with Crippen molar-refractivity contribution in [3.8, 4) is 11.5 Å². The summed E-state index contributed by atoms with van der Waals surface area (Å²) in [5.41, 5.74) is 2.19. The lowest BCUT2D eigenvalue weighted by Crippen LogP contribution is -2.16. The number of hydrogen-bond donors (Lipinski definition) is 0. The molecule has 0 saturated carbocycles. The van der Waals surface area contributed by atoms with Crippen LogP contribution < -0.4 is 9.47 Å². The van der Waals surface area contributed by atoms with Gasteiger partial charge in [-0.3, -0.25) is 4.79 Å². The van der Waals surface area contributed by atoms with Crippen molar-refractivity contribution in [1.82, 2.24) is 4.90 Å². The van der Waals surface area contributed by atoms with Crippen molar-refractivity contribution in [3.05, 3.63) is 29.5 Å². The van der Waals surface area contributed by atoms with Crippen molar-refractivity contribution < 1.29 is 14.3 Å². The van der Waals surface area contributed by atoms with Gasteiger partial charge in [-0.15, -0.1) is 0 Å². The maximum Gasteiger partial charge on any atom is 0.213 e. The average molecular weight is 403 g/mol. The number of halogens is 1. The second-order valence-corrected chi connectivity index (χ2v) is 5.54. The van der Waals surface area contributed by atoms with Gasteiger partial charge >= 0.3 is 0 Å². The van der Waals surface area contributed by atoms with Gasteiger partial charge in [0.1, 0.15) is 0 Å². The number of amides is 1. The van der Waals surface area contributed by atoms with E-state index < -0.39 is 0 Å². The normalized spacial score (nSPS) is 10.7. The molecule has 1 aromatic rings. The highest BCUT2D eigenvalue weighted by atomic mass is 127. The maximum absolute atomic E-state index is 11.0. The molecule has 4 nitrogen and oxygen atoms in total. The molecule has 0 saturated heterocycles. The highest BCUT2D eigenvalue weighted by Gasteiger charge is 2.08. The third kappa shape index (κ3) is 5.22. The molecule has 1 rings (SSSR count). The molecule has 0 aromatic heterocycles. The molecule has 0 fully saturated rings. The van der Waals surface area contributed by atoms with Crippen LogP contribution in [-0.4, -0.2) is 36.5 Å². The number of benzene rings is 1. The smallest absolute Gasteiger partial charge is 0.213 e. The number of nitrogens with zero attached hydrogens (tertiary/aromatic N) is 1. The van der Waals surface area contributed by atoms with E-state index in [4.69, 9.17) is 9.47 Å². The molecule has 0 aliphatic heterocycles. The number of ether oxygens (including phenoxy) is 2. The lowest BCUT2D eigenvalue weighted by Gasteiger charge is -2.14. The number of carbonyl (C=O) groups excluding carboxylic acids is 1. The molecule has 0 bridgehead atoms. The summed E-state index contributed by atoms with van der Waals surface area (Å²) in [4.78, 5) is 12.7. The molecular formula is C16H22INO3. The van der Waals surface area contributed by atoms with Crippen LogP contribution in [0, 0.1) is 0 Å². The van der Waals surface area contributed by atoms with Gasteiger partial charge in [-0.05, 0) is 42.2 Å². The van der Waals surface area contributed by atoms with E-state index >= 15 is 0 Å². The van der Waals surface area contributed by atoms with Crippen molar-refractivity contribution in [2.45, 2.75) is 19.8 Å². The van der Waals surface area contributed by atoms with Crippen molar-refractivity contribution in [2.75, 3.05) is 25.2 Å². The fourth-order valence-electron chi connectivity index (χ4n) is 1.98. The van der Waals surface area contributed by atoms with Crippen LogP contribution in [0.3, 0.4) is 0 Å². The van der Waals surface area contributed by atoms with Crippen LogP contribution in [0.25, 0.3) is 6.08 Å². The van der Waals surface area contributed by atoms with Crippen LogP contribution >= 0.6 is 22.6 Å². The molecule has 0 spiro atoms. The van der Waals surface area contributed by atoms with Gasteiger partial charge in [0.15, 0.2) is 11.5 Å². The fraction of sp³-hybridized carbons (Fsp3) is 0.438. The summed E-state index contributed by atoms with van der Waals surface area (Å²) in [6.45, 7) is 2.82. The van der Waals surface area contributed by atoms with E-state index in [9.17, 15) is 4.79 Å². The molecule has 1 amide bonds. The fourth-order valence-corrected chi connectivity index (χ4v) is 2.32. The van der Waals surface area contributed by atoms with Crippen LogP contribution in [0.5, 0.6) is 11.5 Å². The van der Waals surface area contributed by atoms with E-state index in [1.165, 1.54) is 0 Å². The second kappa shape index (κ2) is 9.65. The number of carbonyl (C=O) groups is 1. The minimum Gasteiger partial charge on any atom is -0.493 e. The summed E-state index contributed by atoms with van der Waals surface area (Å²) in [5.74, 6) is 1.42. The first kappa shape index (κ1) is 17.8. The lowest BCUT2D eigenvalue weighted by atomic mass is 10.0. The number of aryl methyl sites for hydroxylation is 1. The zero-order chi connectivity index (χ0) is 15.7. The van der Waals surface area contributed by atoms with Crippen molar-refractivity contribution >= 4 is 35.1 Å². The van der Waals surface area contributed by atoms with Gasteiger partial charge in [0.25, 0.3) is 0 Å². The van der Waals surface area contributed by atoms with Crippen LogP contribution in [-0.2, 0) is 11.2 Å².